The van der Waals surface area contributed by atoms with Crippen molar-refractivity contribution in [3.05, 3.63) is 57.0 Å². The Morgan fingerprint density at radius 2 is 1.60 bits per heavy atom. The van der Waals surface area contributed by atoms with Gasteiger partial charge in [0.05, 0.1) is 0 Å². The zero-order chi connectivity index (χ0) is 10.4. The third-order valence-electron chi connectivity index (χ3n) is 2.81. The van der Waals surface area contributed by atoms with Crippen molar-refractivity contribution in [1.29, 1.82) is 0 Å². The van der Waals surface area contributed by atoms with Gasteiger partial charge in [-0.3, -0.25) is 0 Å². The quantitative estimate of drug-likeness (QED) is 0.561. The van der Waals surface area contributed by atoms with Crippen LogP contribution in [0, 0.1) is 0 Å². The van der Waals surface area contributed by atoms with Crippen molar-refractivity contribution in [1.82, 2.24) is 0 Å². The average Bonchev–Trinajstić information content (AvgIpc) is 2.53. The Hall–Kier alpha value is -0.790. The molecule has 1 aliphatic rings. The summed E-state index contributed by atoms with van der Waals surface area (Å²) in [6.45, 7) is 0. The van der Waals surface area contributed by atoms with Gasteiger partial charge in [0.2, 0.25) is 0 Å². The van der Waals surface area contributed by atoms with E-state index in [0.29, 0.717) is 0 Å². The molecule has 0 saturated heterocycles. The van der Waals surface area contributed by atoms with Gasteiger partial charge in [0, 0.05) is 9.50 Å². The molecule has 0 aliphatic heterocycles. The fourth-order valence-electron chi connectivity index (χ4n) is 2.15. The van der Waals surface area contributed by atoms with Crippen LogP contribution in [0.2, 0.25) is 5.02 Å². The summed E-state index contributed by atoms with van der Waals surface area (Å²) in [7, 11) is 0. The molecule has 0 amide bonds. The molecular weight excluding hydrogens is 272 g/mol. The van der Waals surface area contributed by atoms with E-state index in [1.165, 1.54) is 22.3 Å². The van der Waals surface area contributed by atoms with E-state index in [1.54, 1.807) is 0 Å². The molecule has 0 atom stereocenters. The lowest BCUT2D eigenvalue weighted by molar-refractivity contribution is 1.26. The highest BCUT2D eigenvalue weighted by Gasteiger charge is 2.18. The Morgan fingerprint density at radius 1 is 0.933 bits per heavy atom. The first-order chi connectivity index (χ1) is 7.24. The van der Waals surface area contributed by atoms with Crippen LogP contribution in [0.25, 0.3) is 11.1 Å². The van der Waals surface area contributed by atoms with Gasteiger partial charge in [-0.15, -0.1) is 0 Å². The summed E-state index contributed by atoms with van der Waals surface area (Å²) < 4.78 is 1.14. The van der Waals surface area contributed by atoms with Gasteiger partial charge in [-0.25, -0.2) is 0 Å². The van der Waals surface area contributed by atoms with Crippen molar-refractivity contribution in [2.75, 3.05) is 0 Å². The van der Waals surface area contributed by atoms with Crippen LogP contribution in [0.3, 0.4) is 0 Å². The summed E-state index contributed by atoms with van der Waals surface area (Å²) in [6, 6.07) is 12.6. The number of hydrogen-bond donors (Lipinski definition) is 0. The Bertz CT molecular complexity index is 497. The molecule has 2 aromatic carbocycles. The summed E-state index contributed by atoms with van der Waals surface area (Å²) >= 11 is 9.49. The molecule has 0 saturated carbocycles. The van der Waals surface area contributed by atoms with Crippen LogP contribution in [0.4, 0.5) is 0 Å². The van der Waals surface area contributed by atoms with Gasteiger partial charge < -0.3 is 0 Å². The van der Waals surface area contributed by atoms with Crippen molar-refractivity contribution in [3.8, 4) is 11.1 Å². The Kier molecular flexibility index (Phi) is 2.11. The minimum atomic E-state index is 0.820. The van der Waals surface area contributed by atoms with Crippen LogP contribution >= 0.6 is 27.5 Å². The molecule has 0 bridgehead atoms. The molecule has 0 heterocycles. The minimum absolute atomic E-state index is 0.820. The lowest BCUT2D eigenvalue weighted by Crippen LogP contribution is -1.79. The molecule has 3 rings (SSSR count). The maximum Gasteiger partial charge on any atom is 0.0409 e. The van der Waals surface area contributed by atoms with Gasteiger partial charge in [0.15, 0.2) is 0 Å². The van der Waals surface area contributed by atoms with E-state index < -0.39 is 0 Å². The first-order valence-electron chi connectivity index (χ1n) is 4.81. The molecule has 0 N–H and O–H groups in total. The lowest BCUT2D eigenvalue weighted by Gasteiger charge is -2.00. The van der Waals surface area contributed by atoms with E-state index >= 15 is 0 Å². The molecule has 0 nitrogen and oxygen atoms in total. The smallest absolute Gasteiger partial charge is 0.0409 e. The van der Waals surface area contributed by atoms with Gasteiger partial charge in [0.25, 0.3) is 0 Å². The molecule has 2 heteroatoms. The summed E-state index contributed by atoms with van der Waals surface area (Å²) in [4.78, 5) is 0. The highest BCUT2D eigenvalue weighted by molar-refractivity contribution is 9.10. The molecule has 0 fully saturated rings. The normalized spacial score (nSPS) is 12.4. The van der Waals surface area contributed by atoms with Gasteiger partial charge in [-0.1, -0.05) is 39.7 Å². The zero-order valence-electron chi connectivity index (χ0n) is 7.93. The van der Waals surface area contributed by atoms with Gasteiger partial charge >= 0.3 is 0 Å². The molecular formula is C13H8BrCl. The van der Waals surface area contributed by atoms with Crippen molar-refractivity contribution in [2.45, 2.75) is 6.42 Å². The van der Waals surface area contributed by atoms with Crippen LogP contribution in [0.1, 0.15) is 11.1 Å². The lowest BCUT2D eigenvalue weighted by atomic mass is 10.1. The molecule has 2 aromatic rings. The third kappa shape index (κ3) is 1.51. The van der Waals surface area contributed by atoms with Crippen LogP contribution < -0.4 is 0 Å². The summed E-state index contributed by atoms with van der Waals surface area (Å²) in [6.07, 6.45) is 0.991. The van der Waals surface area contributed by atoms with Crippen molar-refractivity contribution in [3.63, 3.8) is 0 Å². The fourth-order valence-corrected chi connectivity index (χ4v) is 2.75. The third-order valence-corrected chi connectivity index (χ3v) is 3.53. The maximum absolute atomic E-state index is 5.99. The van der Waals surface area contributed by atoms with Crippen molar-refractivity contribution in [2.24, 2.45) is 0 Å². The van der Waals surface area contributed by atoms with Gasteiger partial charge in [0.1, 0.15) is 0 Å². The molecule has 0 spiro atoms. The fraction of sp³-hybridized carbons (Fsp3) is 0.0769. The first kappa shape index (κ1) is 9.44. The van der Waals surface area contributed by atoms with Crippen LogP contribution in [-0.2, 0) is 6.42 Å². The summed E-state index contributed by atoms with van der Waals surface area (Å²) in [5.41, 5.74) is 5.36. The second-order valence-corrected chi connectivity index (χ2v) is 5.13. The van der Waals surface area contributed by atoms with E-state index in [2.05, 4.69) is 46.3 Å². The van der Waals surface area contributed by atoms with Crippen LogP contribution in [-0.4, -0.2) is 0 Å². The maximum atomic E-state index is 5.99. The second kappa shape index (κ2) is 3.36. The van der Waals surface area contributed by atoms with Crippen LogP contribution in [0.15, 0.2) is 40.9 Å². The Labute approximate surface area is 102 Å². The molecule has 74 valence electrons. The van der Waals surface area contributed by atoms with E-state index in [-0.39, 0.29) is 0 Å². The molecule has 0 unspecified atom stereocenters. The van der Waals surface area contributed by atoms with Crippen LogP contribution in [0.5, 0.6) is 0 Å². The number of fused-ring (bicyclic) bond motifs is 3. The predicted molar refractivity (Wildman–Crippen MR) is 67.4 cm³/mol. The number of halogens is 2. The predicted octanol–water partition coefficient (Wildman–Crippen LogP) is 4.67. The van der Waals surface area contributed by atoms with E-state index in [9.17, 15) is 0 Å². The Balaban J connectivity index is 2.24. The van der Waals surface area contributed by atoms with Crippen molar-refractivity contribution >= 4 is 27.5 Å². The topological polar surface area (TPSA) is 0 Å². The highest BCUT2D eigenvalue weighted by Crippen LogP contribution is 2.38. The number of rotatable bonds is 0. The van der Waals surface area contributed by atoms with E-state index in [4.69, 9.17) is 11.6 Å². The zero-order valence-corrected chi connectivity index (χ0v) is 10.3. The molecule has 15 heavy (non-hydrogen) atoms. The van der Waals surface area contributed by atoms with Crippen molar-refractivity contribution < 1.29 is 0 Å². The van der Waals surface area contributed by atoms with Gasteiger partial charge in [-0.05, 0) is 52.9 Å². The average molecular weight is 280 g/mol. The summed E-state index contributed by atoms with van der Waals surface area (Å²) in [5.74, 6) is 0. The van der Waals surface area contributed by atoms with Gasteiger partial charge in [-0.2, -0.15) is 0 Å². The molecule has 0 aromatic heterocycles. The number of hydrogen-bond acceptors (Lipinski definition) is 0. The molecule has 0 radical (unpaired) electrons. The largest absolute Gasteiger partial charge is 0.0843 e. The summed E-state index contributed by atoms with van der Waals surface area (Å²) in [5, 5.41) is 0.820. The Morgan fingerprint density at radius 3 is 2.40 bits per heavy atom. The monoisotopic (exact) mass is 278 g/mol. The van der Waals surface area contributed by atoms with E-state index in [0.717, 1.165) is 15.9 Å². The minimum Gasteiger partial charge on any atom is -0.0843 e. The highest BCUT2D eigenvalue weighted by atomic mass is 79.9. The molecule has 1 aliphatic carbocycles. The standard InChI is InChI=1S/C13H8BrCl/c14-10-1-3-12-8(6-10)5-9-7-11(15)2-4-13(9)12/h1-4,6-7H,5H2. The van der Waals surface area contributed by atoms with E-state index in [1.807, 2.05) is 6.07 Å². The second-order valence-electron chi connectivity index (χ2n) is 3.78. The SMILES string of the molecule is Clc1ccc2c(c1)Cc1cc(Br)ccc1-2. The first-order valence-corrected chi connectivity index (χ1v) is 5.98. The number of benzene rings is 2.